The van der Waals surface area contributed by atoms with E-state index in [4.69, 9.17) is 9.47 Å². The summed E-state index contributed by atoms with van der Waals surface area (Å²) in [5, 5.41) is 9.47. The molecule has 0 unspecified atom stereocenters. The van der Waals surface area contributed by atoms with Gasteiger partial charge in [0.15, 0.2) is 0 Å². The maximum Gasteiger partial charge on any atom is 0.302 e. The van der Waals surface area contributed by atoms with Crippen LogP contribution in [0.3, 0.4) is 0 Å². The van der Waals surface area contributed by atoms with Crippen LogP contribution >= 0.6 is 0 Å². The third-order valence-electron chi connectivity index (χ3n) is 5.36. The smallest absolute Gasteiger partial charge is 0.302 e. The zero-order chi connectivity index (χ0) is 24.2. The molecule has 1 aliphatic heterocycles. The highest BCUT2D eigenvalue weighted by Gasteiger charge is 2.35. The monoisotopic (exact) mass is 452 g/mol. The molecule has 33 heavy (non-hydrogen) atoms. The van der Waals surface area contributed by atoms with Gasteiger partial charge in [-0.3, -0.25) is 19.3 Å². The van der Waals surface area contributed by atoms with E-state index in [2.05, 4.69) is 6.92 Å². The first kappa shape index (κ1) is 25.9. The van der Waals surface area contributed by atoms with E-state index in [9.17, 15) is 19.6 Å². The van der Waals surface area contributed by atoms with E-state index in [0.29, 0.717) is 24.2 Å². The molecule has 7 nitrogen and oxygen atoms in total. The molecule has 0 saturated carbocycles. The van der Waals surface area contributed by atoms with E-state index in [1.54, 1.807) is 13.0 Å². The number of rotatable bonds is 12. The van der Waals surface area contributed by atoms with Gasteiger partial charge in [0, 0.05) is 19.0 Å². The summed E-state index contributed by atoms with van der Waals surface area (Å²) in [6.07, 6.45) is 7.83. The lowest BCUT2D eigenvalue weighted by Gasteiger charge is -2.27. The quantitative estimate of drug-likeness (QED) is 0.199. The van der Waals surface area contributed by atoms with Gasteiger partial charge in [-0.15, -0.1) is 0 Å². The maximum atomic E-state index is 13.0. The van der Waals surface area contributed by atoms with E-state index in [-0.39, 0.29) is 18.7 Å². The van der Waals surface area contributed by atoms with Crippen molar-refractivity contribution in [1.82, 2.24) is 4.90 Å². The molecule has 0 aliphatic carbocycles. The average molecular weight is 453 g/mol. The summed E-state index contributed by atoms with van der Waals surface area (Å²) in [6, 6.07) is 9.29. The van der Waals surface area contributed by atoms with Crippen LogP contribution in [0.1, 0.15) is 64.9 Å². The molecule has 0 saturated heterocycles. The molecule has 1 heterocycles. The third kappa shape index (κ3) is 7.60. The van der Waals surface area contributed by atoms with E-state index in [0.717, 1.165) is 29.1 Å². The summed E-state index contributed by atoms with van der Waals surface area (Å²) in [7, 11) is 0. The van der Waals surface area contributed by atoms with Crippen molar-refractivity contribution in [2.24, 2.45) is 0 Å². The fraction of sp³-hybridized carbons (Fsp3) is 0.462. The fourth-order valence-corrected chi connectivity index (χ4v) is 3.49. The molecule has 2 rings (SSSR count). The highest BCUT2D eigenvalue weighted by molar-refractivity contribution is 6.19. The van der Waals surface area contributed by atoms with Crippen molar-refractivity contribution in [1.29, 1.82) is 5.26 Å². The minimum atomic E-state index is -0.623. The Morgan fingerprint density at radius 3 is 2.36 bits per heavy atom. The number of hydrogen-bond acceptors (Lipinski definition) is 6. The first-order valence-electron chi connectivity index (χ1n) is 11.4. The van der Waals surface area contributed by atoms with Gasteiger partial charge in [-0.1, -0.05) is 44.7 Å². The number of carbonyl (C=O) groups is 3. The molecular weight excluding hydrogens is 420 g/mol. The fourth-order valence-electron chi connectivity index (χ4n) is 3.49. The Labute approximate surface area is 195 Å². The van der Waals surface area contributed by atoms with Gasteiger partial charge in [-0.2, -0.15) is 5.26 Å². The highest BCUT2D eigenvalue weighted by Crippen LogP contribution is 2.27. The molecular formula is C26H32N2O5. The van der Waals surface area contributed by atoms with Crippen molar-refractivity contribution in [2.75, 3.05) is 19.8 Å². The molecule has 7 heteroatoms. The van der Waals surface area contributed by atoms with Gasteiger partial charge in [0.05, 0.1) is 13.2 Å². The lowest BCUT2D eigenvalue weighted by molar-refractivity contribution is -0.141. The number of amides is 2. The number of carbonyl (C=O) groups excluding carboxylic acids is 3. The highest BCUT2D eigenvalue weighted by atomic mass is 16.5. The normalized spacial score (nSPS) is 15.1. The Bertz CT molecular complexity index is 954. The lowest BCUT2D eigenvalue weighted by atomic mass is 9.93. The minimum Gasteiger partial charge on any atom is -0.494 e. The number of esters is 1. The summed E-state index contributed by atoms with van der Waals surface area (Å²) < 4.78 is 10.7. The number of hydrogen-bond donors (Lipinski definition) is 0. The van der Waals surface area contributed by atoms with Crippen LogP contribution in [0.2, 0.25) is 0 Å². The lowest BCUT2D eigenvalue weighted by Crippen LogP contribution is -2.43. The van der Waals surface area contributed by atoms with Gasteiger partial charge >= 0.3 is 5.97 Å². The largest absolute Gasteiger partial charge is 0.494 e. The summed E-state index contributed by atoms with van der Waals surface area (Å²) in [5.41, 5.74) is 1.36. The molecule has 0 spiro atoms. The molecule has 0 aromatic heterocycles. The molecule has 2 amide bonds. The summed E-state index contributed by atoms with van der Waals surface area (Å²) >= 11 is 0. The molecule has 176 valence electrons. The number of ether oxygens (including phenoxy) is 2. The summed E-state index contributed by atoms with van der Waals surface area (Å²) in [5.74, 6) is -0.756. The van der Waals surface area contributed by atoms with Gasteiger partial charge in [0.1, 0.15) is 17.4 Å². The first-order valence-corrected chi connectivity index (χ1v) is 11.4. The van der Waals surface area contributed by atoms with Crippen LogP contribution in [-0.2, 0) is 19.1 Å². The van der Waals surface area contributed by atoms with Gasteiger partial charge < -0.3 is 9.47 Å². The number of nitriles is 1. The van der Waals surface area contributed by atoms with E-state index < -0.39 is 17.8 Å². The van der Waals surface area contributed by atoms with Gasteiger partial charge in [-0.25, -0.2) is 0 Å². The Balaban J connectivity index is 2.09. The standard InChI is InChI=1S/C26H32N2O5/c1-4-5-6-7-8-15-33-22-12-10-21(11-13-22)17-23-19(2)24(18-27)26(31)28(25(23)30)14-9-16-32-20(3)29/h10-13,17H,4-9,14-16H2,1-3H3/b23-17+. The second kappa shape index (κ2) is 13.2. The second-order valence-corrected chi connectivity index (χ2v) is 7.96. The van der Waals surface area contributed by atoms with Crippen LogP contribution in [0.4, 0.5) is 0 Å². The summed E-state index contributed by atoms with van der Waals surface area (Å²) in [6.45, 7) is 5.91. The van der Waals surface area contributed by atoms with Crippen molar-refractivity contribution < 1.29 is 23.9 Å². The van der Waals surface area contributed by atoms with E-state index in [1.165, 1.54) is 26.2 Å². The Morgan fingerprint density at radius 2 is 1.73 bits per heavy atom. The van der Waals surface area contributed by atoms with Crippen molar-refractivity contribution in [3.8, 4) is 11.8 Å². The van der Waals surface area contributed by atoms with Gasteiger partial charge in [0.2, 0.25) is 0 Å². The minimum absolute atomic E-state index is 0.0589. The molecule has 0 bridgehead atoms. The molecule has 0 radical (unpaired) electrons. The van der Waals surface area contributed by atoms with E-state index in [1.807, 2.05) is 30.3 Å². The molecule has 0 N–H and O–H groups in total. The second-order valence-electron chi connectivity index (χ2n) is 7.96. The van der Waals surface area contributed by atoms with Crippen LogP contribution in [0.25, 0.3) is 6.08 Å². The number of nitrogens with zero attached hydrogens (tertiary/aromatic N) is 2. The maximum absolute atomic E-state index is 13.0. The molecule has 0 fully saturated rings. The number of imide groups is 1. The number of benzene rings is 1. The zero-order valence-corrected chi connectivity index (χ0v) is 19.7. The Hall–Kier alpha value is -3.40. The van der Waals surface area contributed by atoms with Crippen LogP contribution < -0.4 is 4.74 Å². The Morgan fingerprint density at radius 1 is 1.03 bits per heavy atom. The molecule has 0 atom stereocenters. The molecule has 1 aliphatic rings. The van der Waals surface area contributed by atoms with Crippen LogP contribution in [0.15, 0.2) is 41.0 Å². The predicted molar refractivity (Wildman–Crippen MR) is 125 cm³/mol. The first-order chi connectivity index (χ1) is 15.9. The van der Waals surface area contributed by atoms with Crippen molar-refractivity contribution >= 4 is 23.9 Å². The number of unbranched alkanes of at least 4 members (excludes halogenated alkanes) is 4. The van der Waals surface area contributed by atoms with Gasteiger partial charge in [0.25, 0.3) is 11.8 Å². The zero-order valence-electron chi connectivity index (χ0n) is 19.7. The van der Waals surface area contributed by atoms with Crippen LogP contribution in [0.5, 0.6) is 5.75 Å². The van der Waals surface area contributed by atoms with Crippen LogP contribution in [-0.4, -0.2) is 42.4 Å². The molecule has 1 aromatic rings. The SMILES string of the molecule is CCCCCCCOc1ccc(/C=C2/C(=O)N(CCCOC(C)=O)C(=O)C(C#N)=C2C)cc1. The van der Waals surface area contributed by atoms with Gasteiger partial charge in [-0.05, 0) is 49.1 Å². The van der Waals surface area contributed by atoms with Crippen molar-refractivity contribution in [3.05, 3.63) is 46.5 Å². The van der Waals surface area contributed by atoms with Crippen LogP contribution in [0, 0.1) is 11.3 Å². The average Bonchev–Trinajstić information content (AvgIpc) is 2.79. The Kier molecular flexibility index (Phi) is 10.4. The topological polar surface area (TPSA) is 96.7 Å². The predicted octanol–water partition coefficient (Wildman–Crippen LogP) is 4.58. The van der Waals surface area contributed by atoms with Crippen molar-refractivity contribution in [3.63, 3.8) is 0 Å². The van der Waals surface area contributed by atoms with Crippen molar-refractivity contribution in [2.45, 2.75) is 59.3 Å². The summed E-state index contributed by atoms with van der Waals surface area (Å²) in [4.78, 5) is 37.6. The third-order valence-corrected chi connectivity index (χ3v) is 5.36. The molecule has 1 aromatic carbocycles. The van der Waals surface area contributed by atoms with E-state index >= 15 is 0 Å².